The number of hydrogen-bond donors (Lipinski definition) is 0. The monoisotopic (exact) mass is 199 g/mol. The van der Waals surface area contributed by atoms with Crippen LogP contribution in [0.25, 0.3) is 11.3 Å². The standard InChI is InChI=1S/C13H13NO/c1-2-15-12-8-9-14-13(10-12)11-6-4-3-5-7-11/h3-10H,2H2,1H3. The Morgan fingerprint density at radius 2 is 1.93 bits per heavy atom. The van der Waals surface area contributed by atoms with E-state index in [4.69, 9.17) is 4.74 Å². The highest BCUT2D eigenvalue weighted by molar-refractivity contribution is 5.60. The molecule has 0 radical (unpaired) electrons. The molecular weight excluding hydrogens is 186 g/mol. The summed E-state index contributed by atoms with van der Waals surface area (Å²) in [5, 5.41) is 0. The molecule has 2 rings (SSSR count). The van der Waals surface area contributed by atoms with E-state index in [1.54, 1.807) is 6.20 Å². The highest BCUT2D eigenvalue weighted by Gasteiger charge is 1.99. The molecule has 0 atom stereocenters. The van der Waals surface area contributed by atoms with Crippen LogP contribution >= 0.6 is 0 Å². The molecule has 0 aliphatic carbocycles. The molecule has 0 saturated carbocycles. The molecule has 0 spiro atoms. The molecular formula is C13H13NO. The molecule has 0 aliphatic heterocycles. The number of pyridine rings is 1. The van der Waals surface area contributed by atoms with Crippen molar-refractivity contribution in [2.45, 2.75) is 6.92 Å². The minimum Gasteiger partial charge on any atom is -0.494 e. The third-order valence-electron chi connectivity index (χ3n) is 2.11. The summed E-state index contributed by atoms with van der Waals surface area (Å²) in [5.74, 6) is 0.867. The zero-order chi connectivity index (χ0) is 10.5. The van der Waals surface area contributed by atoms with Crippen LogP contribution in [0.2, 0.25) is 0 Å². The lowest BCUT2D eigenvalue weighted by molar-refractivity contribution is 0.340. The summed E-state index contributed by atoms with van der Waals surface area (Å²) in [6, 6.07) is 13.9. The Bertz CT molecular complexity index is 426. The van der Waals surface area contributed by atoms with Gasteiger partial charge in [0, 0.05) is 17.8 Å². The minimum absolute atomic E-state index is 0.679. The maximum atomic E-state index is 5.43. The molecule has 0 N–H and O–H groups in total. The lowest BCUT2D eigenvalue weighted by Gasteiger charge is -2.04. The van der Waals surface area contributed by atoms with Crippen LogP contribution in [0, 0.1) is 0 Å². The van der Waals surface area contributed by atoms with Gasteiger partial charge in [-0.1, -0.05) is 30.3 Å². The lowest BCUT2D eigenvalue weighted by atomic mass is 10.1. The van der Waals surface area contributed by atoms with E-state index in [1.165, 1.54) is 0 Å². The van der Waals surface area contributed by atoms with Crippen molar-refractivity contribution < 1.29 is 4.74 Å². The number of nitrogens with zero attached hydrogens (tertiary/aromatic N) is 1. The van der Waals surface area contributed by atoms with E-state index < -0.39 is 0 Å². The average Bonchev–Trinajstić information content (AvgIpc) is 2.31. The van der Waals surface area contributed by atoms with Crippen LogP contribution in [0.15, 0.2) is 48.7 Å². The molecule has 2 nitrogen and oxygen atoms in total. The fourth-order valence-corrected chi connectivity index (χ4v) is 1.43. The summed E-state index contributed by atoms with van der Waals surface area (Å²) in [4.78, 5) is 4.31. The molecule has 15 heavy (non-hydrogen) atoms. The predicted molar refractivity (Wildman–Crippen MR) is 60.8 cm³/mol. The van der Waals surface area contributed by atoms with Gasteiger partial charge < -0.3 is 4.74 Å². The van der Waals surface area contributed by atoms with Crippen molar-refractivity contribution in [2.75, 3.05) is 6.61 Å². The van der Waals surface area contributed by atoms with E-state index in [2.05, 4.69) is 4.98 Å². The van der Waals surface area contributed by atoms with Crippen LogP contribution in [0.1, 0.15) is 6.92 Å². The van der Waals surface area contributed by atoms with Gasteiger partial charge in [-0.05, 0) is 13.0 Å². The smallest absolute Gasteiger partial charge is 0.122 e. The topological polar surface area (TPSA) is 22.1 Å². The van der Waals surface area contributed by atoms with Crippen molar-refractivity contribution in [2.24, 2.45) is 0 Å². The van der Waals surface area contributed by atoms with E-state index >= 15 is 0 Å². The van der Waals surface area contributed by atoms with Crippen LogP contribution < -0.4 is 4.74 Å². The molecule has 0 unspecified atom stereocenters. The maximum absolute atomic E-state index is 5.43. The molecule has 76 valence electrons. The van der Waals surface area contributed by atoms with Gasteiger partial charge in [0.1, 0.15) is 5.75 Å². The van der Waals surface area contributed by atoms with Gasteiger partial charge in [-0.3, -0.25) is 4.98 Å². The van der Waals surface area contributed by atoms with Crippen molar-refractivity contribution in [3.05, 3.63) is 48.7 Å². The van der Waals surface area contributed by atoms with Crippen molar-refractivity contribution in [3.8, 4) is 17.0 Å². The fraction of sp³-hybridized carbons (Fsp3) is 0.154. The Balaban J connectivity index is 2.33. The van der Waals surface area contributed by atoms with Crippen LogP contribution in [-0.4, -0.2) is 11.6 Å². The number of aromatic nitrogens is 1. The Hall–Kier alpha value is -1.83. The summed E-state index contributed by atoms with van der Waals surface area (Å²) in [6.07, 6.45) is 1.77. The fourth-order valence-electron chi connectivity index (χ4n) is 1.43. The van der Waals surface area contributed by atoms with E-state index in [0.29, 0.717) is 6.61 Å². The zero-order valence-corrected chi connectivity index (χ0v) is 8.68. The van der Waals surface area contributed by atoms with Crippen molar-refractivity contribution in [1.29, 1.82) is 0 Å². The van der Waals surface area contributed by atoms with E-state index in [9.17, 15) is 0 Å². The van der Waals surface area contributed by atoms with Crippen molar-refractivity contribution in [3.63, 3.8) is 0 Å². The summed E-state index contributed by atoms with van der Waals surface area (Å²) in [5.41, 5.74) is 2.06. The largest absolute Gasteiger partial charge is 0.494 e. The zero-order valence-electron chi connectivity index (χ0n) is 8.68. The highest BCUT2D eigenvalue weighted by Crippen LogP contribution is 2.20. The Kier molecular flexibility index (Phi) is 2.98. The molecule has 2 heteroatoms. The van der Waals surface area contributed by atoms with Gasteiger partial charge in [0.15, 0.2) is 0 Å². The first-order chi connectivity index (χ1) is 7.40. The number of rotatable bonds is 3. The van der Waals surface area contributed by atoms with E-state index in [-0.39, 0.29) is 0 Å². The molecule has 1 aromatic carbocycles. The summed E-state index contributed by atoms with van der Waals surface area (Å²) in [6.45, 7) is 2.65. The minimum atomic E-state index is 0.679. The predicted octanol–water partition coefficient (Wildman–Crippen LogP) is 3.15. The number of benzene rings is 1. The van der Waals surface area contributed by atoms with Gasteiger partial charge in [0.05, 0.1) is 12.3 Å². The van der Waals surface area contributed by atoms with Crippen LogP contribution in [0.5, 0.6) is 5.75 Å². The third kappa shape index (κ3) is 2.34. The van der Waals surface area contributed by atoms with Crippen molar-refractivity contribution >= 4 is 0 Å². The van der Waals surface area contributed by atoms with E-state index in [1.807, 2.05) is 49.4 Å². The van der Waals surface area contributed by atoms with E-state index in [0.717, 1.165) is 17.0 Å². The summed E-state index contributed by atoms with van der Waals surface area (Å²) >= 11 is 0. The highest BCUT2D eigenvalue weighted by atomic mass is 16.5. The van der Waals surface area contributed by atoms with Gasteiger partial charge in [0.25, 0.3) is 0 Å². The second-order valence-electron chi connectivity index (χ2n) is 3.18. The number of ether oxygens (including phenoxy) is 1. The first kappa shape index (κ1) is 9.71. The van der Waals surface area contributed by atoms with Gasteiger partial charge >= 0.3 is 0 Å². The molecule has 0 amide bonds. The first-order valence-corrected chi connectivity index (χ1v) is 5.04. The Morgan fingerprint density at radius 1 is 1.13 bits per heavy atom. The summed E-state index contributed by atoms with van der Waals surface area (Å²) in [7, 11) is 0. The van der Waals surface area contributed by atoms with Crippen LogP contribution in [0.4, 0.5) is 0 Å². The maximum Gasteiger partial charge on any atom is 0.122 e. The van der Waals surface area contributed by atoms with Gasteiger partial charge in [-0.15, -0.1) is 0 Å². The van der Waals surface area contributed by atoms with Gasteiger partial charge in [-0.25, -0.2) is 0 Å². The Labute approximate surface area is 89.6 Å². The van der Waals surface area contributed by atoms with Crippen molar-refractivity contribution in [1.82, 2.24) is 4.98 Å². The molecule has 0 fully saturated rings. The SMILES string of the molecule is CCOc1ccnc(-c2ccccc2)c1. The second-order valence-corrected chi connectivity index (χ2v) is 3.18. The molecule has 2 aromatic rings. The lowest BCUT2D eigenvalue weighted by Crippen LogP contribution is -1.92. The molecule has 1 heterocycles. The average molecular weight is 199 g/mol. The molecule has 1 aromatic heterocycles. The third-order valence-corrected chi connectivity index (χ3v) is 2.11. The van der Waals surface area contributed by atoms with Gasteiger partial charge in [0.2, 0.25) is 0 Å². The van der Waals surface area contributed by atoms with Crippen LogP contribution in [0.3, 0.4) is 0 Å². The number of hydrogen-bond acceptors (Lipinski definition) is 2. The van der Waals surface area contributed by atoms with Gasteiger partial charge in [-0.2, -0.15) is 0 Å². The molecule has 0 saturated heterocycles. The molecule has 0 bridgehead atoms. The second kappa shape index (κ2) is 4.60. The normalized spacial score (nSPS) is 9.93. The summed E-state index contributed by atoms with van der Waals surface area (Å²) < 4.78 is 5.43. The quantitative estimate of drug-likeness (QED) is 0.757. The first-order valence-electron chi connectivity index (χ1n) is 5.04. The van der Waals surface area contributed by atoms with Crippen LogP contribution in [-0.2, 0) is 0 Å². The Morgan fingerprint density at radius 3 is 2.67 bits per heavy atom. The molecule has 0 aliphatic rings.